The number of thioether (sulfide) groups is 1. The Morgan fingerprint density at radius 3 is 2.52 bits per heavy atom. The van der Waals surface area contributed by atoms with Gasteiger partial charge in [-0.1, -0.05) is 35.9 Å². The number of carbonyl (C=O) groups excluding carboxylic acids is 2. The van der Waals surface area contributed by atoms with E-state index in [2.05, 4.69) is 0 Å². The van der Waals surface area contributed by atoms with Crippen LogP contribution in [0.2, 0.25) is 5.02 Å². The van der Waals surface area contributed by atoms with Gasteiger partial charge in [-0.05, 0) is 73.5 Å². The molecule has 2 aromatic carbocycles. The number of aryl methyl sites for hydroxylation is 2. The van der Waals surface area contributed by atoms with Crippen molar-refractivity contribution >= 4 is 46.3 Å². The minimum Gasteiger partial charge on any atom is -0.318 e. The molecule has 1 aliphatic heterocycles. The van der Waals surface area contributed by atoms with E-state index in [0.29, 0.717) is 10.6 Å². The molecule has 1 aromatic heterocycles. The van der Waals surface area contributed by atoms with Gasteiger partial charge in [0, 0.05) is 17.5 Å². The van der Waals surface area contributed by atoms with Gasteiger partial charge in [-0.25, -0.2) is 0 Å². The van der Waals surface area contributed by atoms with E-state index >= 15 is 0 Å². The minimum atomic E-state index is -0.522. The van der Waals surface area contributed by atoms with Gasteiger partial charge in [0.15, 0.2) is 0 Å². The number of rotatable bonds is 5. The minimum absolute atomic E-state index is 0.0637. The molecule has 0 aliphatic carbocycles. The van der Waals surface area contributed by atoms with Crippen molar-refractivity contribution in [1.82, 2.24) is 9.47 Å². The smallest absolute Gasteiger partial charge is 0.293 e. The first-order valence-electron chi connectivity index (χ1n) is 10.1. The Hall–Kier alpha value is -3.36. The van der Waals surface area contributed by atoms with Gasteiger partial charge in [-0.15, -0.1) is 0 Å². The van der Waals surface area contributed by atoms with Gasteiger partial charge in [-0.2, -0.15) is 0 Å². The number of aromatic nitrogens is 1. The number of imide groups is 1. The van der Waals surface area contributed by atoms with Crippen LogP contribution >= 0.6 is 23.4 Å². The zero-order valence-electron chi connectivity index (χ0n) is 18.2. The van der Waals surface area contributed by atoms with Gasteiger partial charge >= 0.3 is 0 Å². The van der Waals surface area contributed by atoms with Crippen LogP contribution in [0.3, 0.4) is 0 Å². The summed E-state index contributed by atoms with van der Waals surface area (Å²) in [4.78, 5) is 37.9. The van der Waals surface area contributed by atoms with E-state index in [-0.39, 0.29) is 28.4 Å². The van der Waals surface area contributed by atoms with Crippen molar-refractivity contribution in [3.63, 3.8) is 0 Å². The highest BCUT2D eigenvalue weighted by atomic mass is 35.5. The number of hydrogen-bond acceptors (Lipinski definition) is 5. The Morgan fingerprint density at radius 2 is 1.82 bits per heavy atom. The van der Waals surface area contributed by atoms with Crippen molar-refractivity contribution in [2.75, 3.05) is 0 Å². The summed E-state index contributed by atoms with van der Waals surface area (Å²) in [7, 11) is 0. The van der Waals surface area contributed by atoms with E-state index in [1.54, 1.807) is 12.1 Å². The number of nitro benzene ring substituents is 1. The van der Waals surface area contributed by atoms with Crippen molar-refractivity contribution in [3.8, 4) is 5.69 Å². The number of nitro groups is 1. The quantitative estimate of drug-likeness (QED) is 0.246. The Morgan fingerprint density at radius 1 is 1.09 bits per heavy atom. The average Bonchev–Trinajstić information content (AvgIpc) is 3.19. The number of nitrogens with zero attached hydrogens (tertiary/aromatic N) is 3. The summed E-state index contributed by atoms with van der Waals surface area (Å²) >= 11 is 6.86. The van der Waals surface area contributed by atoms with Crippen LogP contribution in [0.1, 0.15) is 28.1 Å². The van der Waals surface area contributed by atoms with E-state index in [1.165, 1.54) is 17.0 Å². The Bertz CT molecular complexity index is 1350. The molecule has 0 N–H and O–H groups in total. The second kappa shape index (κ2) is 8.88. The van der Waals surface area contributed by atoms with E-state index in [9.17, 15) is 19.7 Å². The number of carbonyl (C=O) groups is 2. The third-order valence-corrected chi connectivity index (χ3v) is 6.83. The fourth-order valence-corrected chi connectivity index (χ4v) is 4.86. The van der Waals surface area contributed by atoms with Crippen molar-refractivity contribution in [2.24, 2.45) is 0 Å². The molecule has 168 valence electrons. The Labute approximate surface area is 199 Å². The summed E-state index contributed by atoms with van der Waals surface area (Å²) in [6, 6.07) is 14.1. The summed E-state index contributed by atoms with van der Waals surface area (Å²) in [6.07, 6.45) is 1.70. The van der Waals surface area contributed by atoms with E-state index in [1.807, 2.05) is 55.7 Å². The van der Waals surface area contributed by atoms with Gasteiger partial charge in [0.05, 0.1) is 22.1 Å². The highest BCUT2D eigenvalue weighted by Crippen LogP contribution is 2.35. The maximum absolute atomic E-state index is 13.0. The monoisotopic (exact) mass is 481 g/mol. The van der Waals surface area contributed by atoms with E-state index in [0.717, 1.165) is 39.8 Å². The molecule has 0 bridgehead atoms. The number of amides is 2. The molecule has 1 saturated heterocycles. The Kier molecular flexibility index (Phi) is 6.14. The van der Waals surface area contributed by atoms with Crippen molar-refractivity contribution in [3.05, 3.63) is 96.7 Å². The topological polar surface area (TPSA) is 85.4 Å². The first-order valence-corrected chi connectivity index (χ1v) is 11.3. The molecule has 1 aliphatic rings. The lowest BCUT2D eigenvalue weighted by Gasteiger charge is -2.14. The summed E-state index contributed by atoms with van der Waals surface area (Å²) in [5, 5.41) is 11.0. The normalized spacial score (nSPS) is 15.0. The van der Waals surface area contributed by atoms with Crippen molar-refractivity contribution in [2.45, 2.75) is 27.3 Å². The van der Waals surface area contributed by atoms with Crippen LogP contribution in [0.4, 0.5) is 10.5 Å². The summed E-state index contributed by atoms with van der Waals surface area (Å²) in [6.45, 7) is 5.90. The first-order chi connectivity index (χ1) is 15.7. The molecule has 0 radical (unpaired) electrons. The average molecular weight is 482 g/mol. The summed E-state index contributed by atoms with van der Waals surface area (Å²) in [5.41, 5.74) is 4.72. The van der Waals surface area contributed by atoms with E-state index in [4.69, 9.17) is 11.6 Å². The fourth-order valence-electron chi connectivity index (χ4n) is 3.85. The Balaban J connectivity index is 1.66. The number of hydrogen-bond donors (Lipinski definition) is 0. The maximum Gasteiger partial charge on any atom is 0.293 e. The SMILES string of the molecule is Cc1ccccc1CN1C(=O)S/C(=C\c2cc(C)n(-c3ccc(Cl)c([N+](=O)[O-])c3)c2C)C1=O. The molecule has 7 nitrogen and oxygen atoms in total. The zero-order chi connectivity index (χ0) is 23.9. The highest BCUT2D eigenvalue weighted by molar-refractivity contribution is 8.18. The van der Waals surface area contributed by atoms with Crippen LogP contribution < -0.4 is 0 Å². The van der Waals surface area contributed by atoms with Gasteiger partial charge in [0.2, 0.25) is 0 Å². The second-order valence-electron chi connectivity index (χ2n) is 7.75. The van der Waals surface area contributed by atoms with Gasteiger partial charge < -0.3 is 4.57 Å². The van der Waals surface area contributed by atoms with Crippen LogP contribution in [-0.2, 0) is 11.3 Å². The molecule has 1 fully saturated rings. The molecular formula is C24H20ClN3O4S. The van der Waals surface area contributed by atoms with E-state index < -0.39 is 4.92 Å². The van der Waals surface area contributed by atoms with Crippen LogP contribution in [0.5, 0.6) is 0 Å². The molecule has 2 heterocycles. The molecular weight excluding hydrogens is 462 g/mol. The predicted octanol–water partition coefficient (Wildman–Crippen LogP) is 6.20. The fraction of sp³-hybridized carbons (Fsp3) is 0.167. The van der Waals surface area contributed by atoms with Crippen molar-refractivity contribution in [1.29, 1.82) is 0 Å². The van der Waals surface area contributed by atoms with Gasteiger partial charge in [-0.3, -0.25) is 24.6 Å². The predicted molar refractivity (Wildman–Crippen MR) is 130 cm³/mol. The largest absolute Gasteiger partial charge is 0.318 e. The molecule has 0 unspecified atom stereocenters. The van der Waals surface area contributed by atoms with Crippen LogP contribution in [0.15, 0.2) is 53.4 Å². The van der Waals surface area contributed by atoms with Gasteiger partial charge in [0.1, 0.15) is 5.02 Å². The molecule has 3 aromatic rings. The number of halogens is 1. The van der Waals surface area contributed by atoms with Crippen LogP contribution in [-0.4, -0.2) is 25.5 Å². The molecule has 4 rings (SSSR count). The molecule has 2 amide bonds. The lowest BCUT2D eigenvalue weighted by molar-refractivity contribution is -0.384. The maximum atomic E-state index is 13.0. The molecule has 9 heteroatoms. The lowest BCUT2D eigenvalue weighted by Crippen LogP contribution is -2.27. The lowest BCUT2D eigenvalue weighted by atomic mass is 10.1. The third-order valence-electron chi connectivity index (χ3n) is 5.60. The molecule has 0 atom stereocenters. The first kappa shape index (κ1) is 22.8. The number of benzene rings is 2. The van der Waals surface area contributed by atoms with Crippen LogP contribution in [0.25, 0.3) is 11.8 Å². The second-order valence-corrected chi connectivity index (χ2v) is 9.15. The third kappa shape index (κ3) is 4.31. The standard InChI is InChI=1S/C24H20ClN3O4S/c1-14-6-4-5-7-17(14)13-26-23(29)22(33-24(26)30)11-18-10-15(2)27(16(18)3)19-8-9-20(25)21(12-19)28(31)32/h4-12H,13H2,1-3H3/b22-11-. The molecule has 33 heavy (non-hydrogen) atoms. The zero-order valence-corrected chi connectivity index (χ0v) is 19.7. The van der Waals surface area contributed by atoms with Crippen molar-refractivity contribution < 1.29 is 14.5 Å². The van der Waals surface area contributed by atoms with Gasteiger partial charge in [0.25, 0.3) is 16.8 Å². The molecule has 0 spiro atoms. The summed E-state index contributed by atoms with van der Waals surface area (Å²) < 4.78 is 1.85. The highest BCUT2D eigenvalue weighted by Gasteiger charge is 2.35. The van der Waals surface area contributed by atoms with Crippen LogP contribution in [0, 0.1) is 30.9 Å². The summed E-state index contributed by atoms with van der Waals surface area (Å²) in [5.74, 6) is -0.333. The molecule has 0 saturated carbocycles.